The fraction of sp³-hybridized carbons (Fsp3) is 0.909. The van der Waals surface area contributed by atoms with E-state index in [-0.39, 0.29) is 12.6 Å². The van der Waals surface area contributed by atoms with Gasteiger partial charge in [-0.1, -0.05) is 6.92 Å². The van der Waals surface area contributed by atoms with Crippen molar-refractivity contribution in [1.29, 1.82) is 0 Å². The molecule has 5 heteroatoms. The smallest absolute Gasteiger partial charge is 0.325 e. The lowest BCUT2D eigenvalue weighted by Crippen LogP contribution is -2.46. The van der Waals surface area contributed by atoms with Crippen molar-refractivity contribution in [2.45, 2.75) is 48.6 Å². The van der Waals surface area contributed by atoms with Crippen LogP contribution in [0.5, 0.6) is 0 Å². The van der Waals surface area contributed by atoms with Crippen LogP contribution >= 0.6 is 11.8 Å². The summed E-state index contributed by atoms with van der Waals surface area (Å²) in [6, 6.07) is 0. The zero-order chi connectivity index (χ0) is 12.2. The number of rotatable bonds is 5. The minimum absolute atomic E-state index is 0.214. The van der Waals surface area contributed by atoms with Crippen LogP contribution in [-0.2, 0) is 9.53 Å². The van der Waals surface area contributed by atoms with Crippen LogP contribution in [0.4, 0.5) is 0 Å². The molecule has 1 aliphatic rings. The Kier molecular flexibility index (Phi) is 5.08. The van der Waals surface area contributed by atoms with Crippen LogP contribution in [-0.4, -0.2) is 40.8 Å². The van der Waals surface area contributed by atoms with E-state index in [4.69, 9.17) is 15.6 Å². The zero-order valence-electron chi connectivity index (χ0n) is 9.94. The lowest BCUT2D eigenvalue weighted by Gasteiger charge is -2.21. The molecule has 0 aromatic carbocycles. The number of aliphatic hydroxyl groups is 1. The number of hydrogen-bond donors (Lipinski definition) is 2. The molecule has 0 aliphatic heterocycles. The van der Waals surface area contributed by atoms with Gasteiger partial charge in [0.25, 0.3) is 0 Å². The number of esters is 1. The number of methoxy groups -OCH3 is 1. The van der Waals surface area contributed by atoms with Gasteiger partial charge < -0.3 is 15.6 Å². The zero-order valence-corrected chi connectivity index (χ0v) is 10.8. The summed E-state index contributed by atoms with van der Waals surface area (Å²) in [4.78, 5) is 11.5. The lowest BCUT2D eigenvalue weighted by atomic mass is 10.00. The maximum absolute atomic E-state index is 11.5. The molecule has 0 radical (unpaired) electrons. The SMILES string of the molecule is COC(=O)C1(N)CCC(SC(C)CCO)C1. The van der Waals surface area contributed by atoms with E-state index in [0.29, 0.717) is 23.3 Å². The predicted molar refractivity (Wildman–Crippen MR) is 65.3 cm³/mol. The molecule has 3 unspecified atom stereocenters. The number of ether oxygens (including phenoxy) is 1. The molecule has 3 N–H and O–H groups in total. The highest BCUT2D eigenvalue weighted by molar-refractivity contribution is 8.00. The Bertz CT molecular complexity index is 249. The second-order valence-corrected chi connectivity index (χ2v) is 6.22. The van der Waals surface area contributed by atoms with E-state index in [9.17, 15) is 4.79 Å². The number of aliphatic hydroxyl groups excluding tert-OH is 1. The molecule has 1 rings (SSSR count). The molecule has 0 heterocycles. The van der Waals surface area contributed by atoms with Crippen molar-refractivity contribution in [3.8, 4) is 0 Å². The maximum Gasteiger partial charge on any atom is 0.325 e. The Hall–Kier alpha value is -0.260. The summed E-state index contributed by atoms with van der Waals surface area (Å²) in [6.07, 6.45) is 3.12. The molecule has 16 heavy (non-hydrogen) atoms. The molecule has 0 spiro atoms. The van der Waals surface area contributed by atoms with Crippen molar-refractivity contribution in [3.63, 3.8) is 0 Å². The third-order valence-electron chi connectivity index (χ3n) is 3.06. The molecule has 94 valence electrons. The molecule has 0 amide bonds. The highest BCUT2D eigenvalue weighted by atomic mass is 32.2. The van der Waals surface area contributed by atoms with Gasteiger partial charge in [0, 0.05) is 17.1 Å². The van der Waals surface area contributed by atoms with Crippen LogP contribution in [0.2, 0.25) is 0 Å². The Labute approximate surface area is 101 Å². The molecule has 1 aliphatic carbocycles. The van der Waals surface area contributed by atoms with Crippen LogP contribution in [0.25, 0.3) is 0 Å². The first kappa shape index (κ1) is 13.8. The number of hydrogen-bond acceptors (Lipinski definition) is 5. The molecule has 3 atom stereocenters. The van der Waals surface area contributed by atoms with Gasteiger partial charge in [-0.3, -0.25) is 4.79 Å². The molecule has 0 bridgehead atoms. The fourth-order valence-electron chi connectivity index (χ4n) is 2.11. The number of carbonyl (C=O) groups is 1. The molecule has 1 fully saturated rings. The van der Waals surface area contributed by atoms with E-state index in [1.54, 1.807) is 0 Å². The third kappa shape index (κ3) is 3.37. The van der Waals surface area contributed by atoms with Crippen LogP contribution in [0.3, 0.4) is 0 Å². The van der Waals surface area contributed by atoms with Crippen LogP contribution in [0, 0.1) is 0 Å². The summed E-state index contributed by atoms with van der Waals surface area (Å²) in [6.45, 7) is 2.31. The van der Waals surface area contributed by atoms with E-state index in [1.807, 2.05) is 11.8 Å². The van der Waals surface area contributed by atoms with Gasteiger partial charge in [0.05, 0.1) is 7.11 Å². The van der Waals surface area contributed by atoms with Crippen molar-refractivity contribution in [2.24, 2.45) is 5.73 Å². The quantitative estimate of drug-likeness (QED) is 0.707. The van der Waals surface area contributed by atoms with Gasteiger partial charge >= 0.3 is 5.97 Å². The first-order valence-corrected chi connectivity index (χ1v) is 6.59. The van der Waals surface area contributed by atoms with Gasteiger partial charge in [-0.2, -0.15) is 11.8 Å². The van der Waals surface area contributed by atoms with E-state index in [0.717, 1.165) is 12.8 Å². The average Bonchev–Trinajstić information content (AvgIpc) is 2.60. The predicted octanol–water partition coefficient (Wildman–Crippen LogP) is 0.913. The molecular weight excluding hydrogens is 226 g/mol. The molecule has 0 aromatic rings. The number of nitrogens with two attached hydrogens (primary N) is 1. The van der Waals surface area contributed by atoms with E-state index < -0.39 is 5.54 Å². The topological polar surface area (TPSA) is 72.5 Å². The normalized spacial score (nSPS) is 31.4. The standard InChI is InChI=1S/C11H21NO3S/c1-8(4-6-13)16-9-3-5-11(12,7-9)10(14)15-2/h8-9,13H,3-7,12H2,1-2H3. The van der Waals surface area contributed by atoms with E-state index in [1.165, 1.54) is 7.11 Å². The average molecular weight is 247 g/mol. The summed E-state index contributed by atoms with van der Waals surface area (Å²) >= 11 is 1.81. The van der Waals surface area contributed by atoms with Gasteiger partial charge in [0.15, 0.2) is 0 Å². The largest absolute Gasteiger partial charge is 0.468 e. The Morgan fingerprint density at radius 3 is 3.00 bits per heavy atom. The summed E-state index contributed by atoms with van der Waals surface area (Å²) in [5.74, 6) is -0.301. The van der Waals surface area contributed by atoms with Crippen molar-refractivity contribution >= 4 is 17.7 Å². The van der Waals surface area contributed by atoms with Gasteiger partial charge in [0.1, 0.15) is 5.54 Å². The first-order valence-electron chi connectivity index (χ1n) is 5.65. The number of carbonyl (C=O) groups excluding carboxylic acids is 1. The number of thioether (sulfide) groups is 1. The molecule has 0 saturated heterocycles. The van der Waals surface area contributed by atoms with E-state index >= 15 is 0 Å². The van der Waals surface area contributed by atoms with E-state index in [2.05, 4.69) is 6.92 Å². The van der Waals surface area contributed by atoms with Gasteiger partial charge in [-0.05, 0) is 25.7 Å². The van der Waals surface area contributed by atoms with Crippen LogP contribution in [0.1, 0.15) is 32.6 Å². The minimum Gasteiger partial charge on any atom is -0.468 e. The molecule has 0 aromatic heterocycles. The lowest BCUT2D eigenvalue weighted by molar-refractivity contribution is -0.146. The Morgan fingerprint density at radius 2 is 2.44 bits per heavy atom. The minimum atomic E-state index is -0.786. The van der Waals surface area contributed by atoms with Gasteiger partial charge in [0.2, 0.25) is 0 Å². The van der Waals surface area contributed by atoms with Crippen molar-refractivity contribution < 1.29 is 14.6 Å². The first-order chi connectivity index (χ1) is 7.51. The Morgan fingerprint density at radius 1 is 1.75 bits per heavy atom. The maximum atomic E-state index is 11.5. The van der Waals surface area contributed by atoms with Crippen molar-refractivity contribution in [1.82, 2.24) is 0 Å². The second-order valence-electron chi connectivity index (χ2n) is 4.47. The van der Waals surface area contributed by atoms with Crippen LogP contribution in [0.15, 0.2) is 0 Å². The highest BCUT2D eigenvalue weighted by Gasteiger charge is 2.43. The van der Waals surface area contributed by atoms with Crippen LogP contribution < -0.4 is 5.73 Å². The Balaban J connectivity index is 2.43. The summed E-state index contributed by atoms with van der Waals surface area (Å²) in [7, 11) is 1.38. The van der Waals surface area contributed by atoms with Crippen molar-refractivity contribution in [2.75, 3.05) is 13.7 Å². The molecule has 1 saturated carbocycles. The third-order valence-corrected chi connectivity index (χ3v) is 4.54. The highest BCUT2D eigenvalue weighted by Crippen LogP contribution is 2.38. The van der Waals surface area contributed by atoms with Gasteiger partial charge in [-0.15, -0.1) is 0 Å². The molecular formula is C11H21NO3S. The van der Waals surface area contributed by atoms with Gasteiger partial charge in [-0.25, -0.2) is 0 Å². The summed E-state index contributed by atoms with van der Waals surface area (Å²) < 4.78 is 4.72. The fourth-order valence-corrected chi connectivity index (χ4v) is 3.66. The second kappa shape index (κ2) is 5.89. The van der Waals surface area contributed by atoms with Crippen molar-refractivity contribution in [3.05, 3.63) is 0 Å². The summed E-state index contributed by atoms with van der Waals surface area (Å²) in [5, 5.41) is 9.65. The summed E-state index contributed by atoms with van der Waals surface area (Å²) in [5.41, 5.74) is 5.23. The monoisotopic (exact) mass is 247 g/mol. The molecule has 4 nitrogen and oxygen atoms in total.